The van der Waals surface area contributed by atoms with Crippen molar-refractivity contribution in [3.05, 3.63) is 29.8 Å². The lowest BCUT2D eigenvalue weighted by Crippen LogP contribution is -2.63. The number of methoxy groups -OCH3 is 1. The number of nitrogens with one attached hydrogen (secondary N) is 2. The fraction of sp³-hybridized carbons (Fsp3) is 0.619. The number of hydrogen-bond acceptors (Lipinski definition) is 5. The van der Waals surface area contributed by atoms with Gasteiger partial charge in [-0.3, -0.25) is 4.99 Å². The second-order valence-corrected chi connectivity index (χ2v) is 8.44. The first-order valence-electron chi connectivity index (χ1n) is 9.88. The number of benzene rings is 1. The first-order valence-corrected chi connectivity index (χ1v) is 9.88. The molecule has 0 bridgehead atoms. The predicted octanol–water partition coefficient (Wildman–Crippen LogP) is 2.70. The molecule has 2 N–H and O–H groups in total. The summed E-state index contributed by atoms with van der Waals surface area (Å²) in [5.41, 5.74) is 0.686. The van der Waals surface area contributed by atoms with E-state index in [0.717, 1.165) is 11.3 Å². The smallest absolute Gasteiger partial charge is 0.410 e. The fourth-order valence-corrected chi connectivity index (χ4v) is 3.07. The summed E-state index contributed by atoms with van der Waals surface area (Å²) in [6.07, 6.45) is -0.274. The molecule has 1 amide bonds. The normalized spacial score (nSPS) is 15.7. The number of ether oxygens (including phenoxy) is 2. The molecule has 1 unspecified atom stereocenters. The summed E-state index contributed by atoms with van der Waals surface area (Å²) in [4.78, 5) is 20.2. The Balaban J connectivity index is 0.00000450. The van der Waals surface area contributed by atoms with Crippen molar-refractivity contribution in [1.29, 1.82) is 0 Å². The number of nitrogens with zero attached hydrogens (tertiary/aromatic N) is 3. The average molecular weight is 533 g/mol. The van der Waals surface area contributed by atoms with Gasteiger partial charge >= 0.3 is 6.09 Å². The molecule has 9 heteroatoms. The minimum Gasteiger partial charge on any atom is -0.497 e. The molecule has 0 aromatic heterocycles. The molecule has 1 aliphatic heterocycles. The van der Waals surface area contributed by atoms with Gasteiger partial charge in [0.1, 0.15) is 11.4 Å². The number of hydrogen-bond donors (Lipinski definition) is 2. The maximum absolute atomic E-state index is 12.1. The summed E-state index contributed by atoms with van der Waals surface area (Å²) in [5, 5.41) is 6.76. The molecule has 1 aliphatic rings. The minimum absolute atomic E-state index is 0. The van der Waals surface area contributed by atoms with Gasteiger partial charge in [0.25, 0.3) is 0 Å². The number of rotatable bonds is 6. The van der Waals surface area contributed by atoms with Crippen LogP contribution < -0.4 is 15.4 Å². The van der Waals surface area contributed by atoms with Gasteiger partial charge in [-0.25, -0.2) is 4.79 Å². The Morgan fingerprint density at radius 3 is 2.53 bits per heavy atom. The van der Waals surface area contributed by atoms with Crippen molar-refractivity contribution in [3.8, 4) is 5.75 Å². The van der Waals surface area contributed by atoms with E-state index in [9.17, 15) is 4.79 Å². The topological polar surface area (TPSA) is 78.4 Å². The maximum Gasteiger partial charge on any atom is 0.410 e. The van der Waals surface area contributed by atoms with Crippen LogP contribution >= 0.6 is 24.0 Å². The van der Waals surface area contributed by atoms with E-state index in [1.165, 1.54) is 0 Å². The number of likely N-dealkylation sites (N-methyl/N-ethyl adjacent to an activating group) is 1. The summed E-state index contributed by atoms with van der Waals surface area (Å²) in [5.74, 6) is 1.56. The summed E-state index contributed by atoms with van der Waals surface area (Å²) >= 11 is 0. The van der Waals surface area contributed by atoms with Gasteiger partial charge in [-0.2, -0.15) is 0 Å². The maximum atomic E-state index is 12.1. The van der Waals surface area contributed by atoms with Crippen molar-refractivity contribution in [2.24, 2.45) is 4.99 Å². The number of guanidine groups is 1. The lowest BCUT2D eigenvalue weighted by atomic mass is 10.1. The highest BCUT2D eigenvalue weighted by Gasteiger charge is 2.34. The van der Waals surface area contributed by atoms with E-state index in [2.05, 4.69) is 26.6 Å². The zero-order valence-corrected chi connectivity index (χ0v) is 21.4. The van der Waals surface area contributed by atoms with Gasteiger partial charge < -0.3 is 29.9 Å². The Hall–Kier alpha value is -1.75. The second kappa shape index (κ2) is 11.6. The minimum atomic E-state index is -0.478. The monoisotopic (exact) mass is 533 g/mol. The molecule has 0 saturated carbocycles. The van der Waals surface area contributed by atoms with Gasteiger partial charge in [-0.15, -0.1) is 24.0 Å². The Kier molecular flexibility index (Phi) is 10.2. The third kappa shape index (κ3) is 7.82. The number of carbonyl (C=O) groups excluding carboxylic acids is 1. The van der Waals surface area contributed by atoms with Crippen LogP contribution in [-0.2, 0) is 4.74 Å². The molecule has 0 aliphatic carbocycles. The van der Waals surface area contributed by atoms with Crippen LogP contribution in [0.5, 0.6) is 5.75 Å². The quantitative estimate of drug-likeness (QED) is 0.333. The number of halogens is 1. The number of aliphatic imine (C=N–C) groups is 1. The lowest BCUT2D eigenvalue weighted by Gasteiger charge is -2.40. The molecule has 8 nitrogen and oxygen atoms in total. The number of likely N-dealkylation sites (tertiary alicyclic amines) is 1. The summed E-state index contributed by atoms with van der Waals surface area (Å²) in [6.45, 7) is 7.49. The van der Waals surface area contributed by atoms with Crippen molar-refractivity contribution in [1.82, 2.24) is 20.4 Å². The van der Waals surface area contributed by atoms with Crippen LogP contribution in [0.1, 0.15) is 32.4 Å². The zero-order chi connectivity index (χ0) is 21.6. The fourth-order valence-electron chi connectivity index (χ4n) is 3.07. The van der Waals surface area contributed by atoms with Crippen LogP contribution in [0.15, 0.2) is 29.3 Å². The molecule has 1 fully saturated rings. The van der Waals surface area contributed by atoms with E-state index in [0.29, 0.717) is 25.6 Å². The zero-order valence-electron chi connectivity index (χ0n) is 19.1. The Morgan fingerprint density at radius 2 is 2.00 bits per heavy atom. The predicted molar refractivity (Wildman–Crippen MR) is 131 cm³/mol. The van der Waals surface area contributed by atoms with Gasteiger partial charge in [-0.05, 0) is 52.6 Å². The van der Waals surface area contributed by atoms with Crippen molar-refractivity contribution in [2.45, 2.75) is 38.5 Å². The Labute approximate surface area is 197 Å². The molecule has 1 heterocycles. The summed E-state index contributed by atoms with van der Waals surface area (Å²) < 4.78 is 10.7. The molecule has 2 rings (SSSR count). The molecule has 1 aromatic carbocycles. The van der Waals surface area contributed by atoms with Crippen molar-refractivity contribution in [3.63, 3.8) is 0 Å². The van der Waals surface area contributed by atoms with Gasteiger partial charge in [0.05, 0.1) is 19.2 Å². The molecular weight excluding hydrogens is 497 g/mol. The van der Waals surface area contributed by atoms with Gasteiger partial charge in [-0.1, -0.05) is 12.1 Å². The van der Waals surface area contributed by atoms with Crippen LogP contribution in [0.4, 0.5) is 4.79 Å². The molecule has 170 valence electrons. The van der Waals surface area contributed by atoms with E-state index in [1.807, 2.05) is 53.1 Å². The van der Waals surface area contributed by atoms with Crippen molar-refractivity contribution < 1.29 is 14.3 Å². The summed E-state index contributed by atoms with van der Waals surface area (Å²) in [6, 6.07) is 8.39. The third-order valence-electron chi connectivity index (χ3n) is 4.66. The Morgan fingerprint density at radius 1 is 1.33 bits per heavy atom. The highest BCUT2D eigenvalue weighted by molar-refractivity contribution is 14.0. The SMILES string of the molecule is CN=C(NCC(c1cccc(OC)c1)N(C)C)NC1CN(C(=O)OC(C)(C)C)C1.I. The van der Waals surface area contributed by atoms with Gasteiger partial charge in [0, 0.05) is 26.7 Å². The van der Waals surface area contributed by atoms with Crippen LogP contribution in [0, 0.1) is 0 Å². The van der Waals surface area contributed by atoms with Crippen LogP contribution in [0.2, 0.25) is 0 Å². The van der Waals surface area contributed by atoms with Crippen LogP contribution in [0.3, 0.4) is 0 Å². The molecule has 0 spiro atoms. The Bertz CT molecular complexity index is 715. The highest BCUT2D eigenvalue weighted by atomic mass is 127. The molecular formula is C21H36IN5O3. The van der Waals surface area contributed by atoms with Crippen molar-refractivity contribution >= 4 is 36.0 Å². The molecule has 30 heavy (non-hydrogen) atoms. The first kappa shape index (κ1) is 26.3. The standard InChI is InChI=1S/C21H35N5O3.HI/c1-21(2,3)29-20(27)26-13-16(14-26)24-19(22-4)23-12-18(25(5)6)15-9-8-10-17(11-15)28-7;/h8-11,16,18H,12-14H2,1-7H3,(H2,22,23,24);1H. The first-order chi connectivity index (χ1) is 13.6. The van der Waals surface area contributed by atoms with Crippen LogP contribution in [-0.4, -0.2) is 81.4 Å². The van der Waals surface area contributed by atoms with Crippen LogP contribution in [0.25, 0.3) is 0 Å². The molecule has 1 atom stereocenters. The third-order valence-corrected chi connectivity index (χ3v) is 4.66. The van der Waals surface area contributed by atoms with Gasteiger partial charge in [0.2, 0.25) is 0 Å². The highest BCUT2D eigenvalue weighted by Crippen LogP contribution is 2.22. The number of carbonyl (C=O) groups is 1. The van der Waals surface area contributed by atoms with E-state index in [4.69, 9.17) is 9.47 Å². The van der Waals surface area contributed by atoms with E-state index in [-0.39, 0.29) is 42.2 Å². The van der Waals surface area contributed by atoms with Crippen molar-refractivity contribution in [2.75, 3.05) is 47.9 Å². The largest absolute Gasteiger partial charge is 0.497 e. The lowest BCUT2D eigenvalue weighted by molar-refractivity contribution is 0.00700. The average Bonchev–Trinajstić information content (AvgIpc) is 2.61. The van der Waals surface area contributed by atoms with E-state index >= 15 is 0 Å². The second-order valence-electron chi connectivity index (χ2n) is 8.44. The van der Waals surface area contributed by atoms with E-state index < -0.39 is 5.60 Å². The molecule has 1 aromatic rings. The molecule has 0 radical (unpaired) electrons. The van der Waals surface area contributed by atoms with E-state index in [1.54, 1.807) is 19.1 Å². The van der Waals surface area contributed by atoms with Gasteiger partial charge in [0.15, 0.2) is 5.96 Å². The molecule has 1 saturated heterocycles. The number of amides is 1. The summed E-state index contributed by atoms with van der Waals surface area (Å²) in [7, 11) is 7.52.